The van der Waals surface area contributed by atoms with Crippen LogP contribution in [0.4, 0.5) is 0 Å². The van der Waals surface area contributed by atoms with E-state index in [1.54, 1.807) is 0 Å². The van der Waals surface area contributed by atoms with Crippen molar-refractivity contribution in [1.29, 1.82) is 0 Å². The zero-order valence-electron chi connectivity index (χ0n) is 12.6. The number of nitrogens with two attached hydrogens (primary N) is 4. The van der Waals surface area contributed by atoms with Crippen molar-refractivity contribution in [3.05, 3.63) is 0 Å². The minimum absolute atomic E-state index is 0.00861. The SMILES string of the molecule is CC12C(N)[C@]13C1C4CCC(C4)[C@@H](CC(N)C2(N)C(N)=O)C13. The van der Waals surface area contributed by atoms with Crippen LogP contribution in [0, 0.1) is 40.4 Å². The molecule has 5 fully saturated rings. The van der Waals surface area contributed by atoms with Crippen molar-refractivity contribution in [1.82, 2.24) is 0 Å². The zero-order chi connectivity index (χ0) is 14.9. The Morgan fingerprint density at radius 1 is 1.10 bits per heavy atom. The van der Waals surface area contributed by atoms with Crippen LogP contribution in [0.5, 0.6) is 0 Å². The van der Waals surface area contributed by atoms with Gasteiger partial charge in [0.2, 0.25) is 5.91 Å². The fourth-order valence-corrected chi connectivity index (χ4v) is 7.90. The maximum atomic E-state index is 12.2. The highest BCUT2D eigenvalue weighted by molar-refractivity contribution is 5.89. The number of amides is 1. The summed E-state index contributed by atoms with van der Waals surface area (Å²) in [7, 11) is 0. The summed E-state index contributed by atoms with van der Waals surface area (Å²) in [5.41, 5.74) is 23.9. The van der Waals surface area contributed by atoms with E-state index >= 15 is 0 Å². The van der Waals surface area contributed by atoms with E-state index in [9.17, 15) is 4.79 Å². The highest BCUT2D eigenvalue weighted by atomic mass is 16.1. The third kappa shape index (κ3) is 0.949. The molecule has 0 heterocycles. The van der Waals surface area contributed by atoms with E-state index in [1.807, 2.05) is 0 Å². The van der Waals surface area contributed by atoms with Crippen molar-refractivity contribution in [2.45, 2.75) is 50.2 Å². The fraction of sp³-hybridized carbons (Fsp3) is 0.938. The van der Waals surface area contributed by atoms with Gasteiger partial charge in [-0.1, -0.05) is 6.92 Å². The van der Waals surface area contributed by atoms with Crippen LogP contribution in [0.15, 0.2) is 0 Å². The number of carbonyl (C=O) groups excluding carboxylic acids is 1. The second-order valence-electron chi connectivity index (χ2n) is 8.74. The molecule has 8 unspecified atom stereocenters. The van der Waals surface area contributed by atoms with E-state index < -0.39 is 16.9 Å². The summed E-state index contributed by atoms with van der Waals surface area (Å²) < 4.78 is 0. The first-order valence-corrected chi connectivity index (χ1v) is 8.42. The highest BCUT2D eigenvalue weighted by Gasteiger charge is 2.97. The summed E-state index contributed by atoms with van der Waals surface area (Å²) in [6.45, 7) is 2.09. The minimum atomic E-state index is -1.15. The Hall–Kier alpha value is -0.650. The van der Waals surface area contributed by atoms with Crippen molar-refractivity contribution in [3.8, 4) is 0 Å². The van der Waals surface area contributed by atoms with Crippen LogP contribution in [0.2, 0.25) is 0 Å². The van der Waals surface area contributed by atoms with Gasteiger partial charge in [-0.2, -0.15) is 0 Å². The van der Waals surface area contributed by atoms with Crippen molar-refractivity contribution < 1.29 is 4.79 Å². The molecule has 1 amide bonds. The van der Waals surface area contributed by atoms with E-state index in [0.717, 1.165) is 18.3 Å². The lowest BCUT2D eigenvalue weighted by Crippen LogP contribution is -2.69. The maximum Gasteiger partial charge on any atom is 0.239 e. The average molecular weight is 290 g/mol. The van der Waals surface area contributed by atoms with Crippen molar-refractivity contribution in [2.75, 3.05) is 0 Å². The largest absolute Gasteiger partial charge is 0.368 e. The molecule has 1 spiro atoms. The Balaban J connectivity index is 1.70. The predicted molar refractivity (Wildman–Crippen MR) is 78.5 cm³/mol. The molecule has 0 radical (unpaired) electrons. The van der Waals surface area contributed by atoms with Gasteiger partial charge in [0.15, 0.2) is 0 Å². The molecule has 5 aliphatic carbocycles. The molecule has 5 aliphatic rings. The summed E-state index contributed by atoms with van der Waals surface area (Å²) in [5, 5.41) is 0. The Morgan fingerprint density at radius 3 is 2.43 bits per heavy atom. The number of hydrogen-bond acceptors (Lipinski definition) is 4. The molecule has 0 aliphatic heterocycles. The third-order valence-electron chi connectivity index (χ3n) is 8.80. The zero-order valence-corrected chi connectivity index (χ0v) is 12.6. The van der Waals surface area contributed by atoms with E-state index in [0.29, 0.717) is 17.8 Å². The molecule has 0 aromatic rings. The van der Waals surface area contributed by atoms with Crippen molar-refractivity contribution in [3.63, 3.8) is 0 Å². The number of hydrogen-bond donors (Lipinski definition) is 4. The Morgan fingerprint density at radius 2 is 1.76 bits per heavy atom. The van der Waals surface area contributed by atoms with E-state index in [-0.39, 0.29) is 17.5 Å². The molecule has 5 rings (SSSR count). The van der Waals surface area contributed by atoms with Gasteiger partial charge < -0.3 is 22.9 Å². The lowest BCUT2D eigenvalue weighted by Gasteiger charge is -2.41. The van der Waals surface area contributed by atoms with Gasteiger partial charge in [-0.05, 0) is 55.3 Å². The van der Waals surface area contributed by atoms with Gasteiger partial charge in [0.1, 0.15) is 5.54 Å². The van der Waals surface area contributed by atoms with Gasteiger partial charge in [-0.25, -0.2) is 0 Å². The minimum Gasteiger partial charge on any atom is -0.368 e. The van der Waals surface area contributed by atoms with Crippen molar-refractivity contribution in [2.24, 2.45) is 63.4 Å². The number of rotatable bonds is 1. The van der Waals surface area contributed by atoms with Crippen LogP contribution >= 0.6 is 0 Å². The fourth-order valence-electron chi connectivity index (χ4n) is 7.90. The Labute approximate surface area is 125 Å². The number of primary amides is 1. The van der Waals surface area contributed by atoms with Gasteiger partial charge in [-0.15, -0.1) is 0 Å². The molecule has 5 saturated carbocycles. The average Bonchev–Trinajstić information content (AvgIpc) is 3.17. The van der Waals surface area contributed by atoms with Gasteiger partial charge in [0.05, 0.1) is 0 Å². The molecule has 0 saturated heterocycles. The smallest absolute Gasteiger partial charge is 0.239 e. The molecule has 116 valence electrons. The second kappa shape index (κ2) is 3.17. The predicted octanol–water partition coefficient (Wildman–Crippen LogP) is -0.474. The molecule has 0 aromatic heterocycles. The monoisotopic (exact) mass is 290 g/mol. The lowest BCUT2D eigenvalue weighted by atomic mass is 9.69. The Kier molecular flexibility index (Phi) is 1.94. The maximum absolute atomic E-state index is 12.2. The quantitative estimate of drug-likeness (QED) is 0.521. The summed E-state index contributed by atoms with van der Waals surface area (Å²) in [6.07, 6.45) is 4.85. The summed E-state index contributed by atoms with van der Waals surface area (Å²) >= 11 is 0. The van der Waals surface area contributed by atoms with Gasteiger partial charge >= 0.3 is 0 Å². The first kappa shape index (κ1) is 12.9. The molecule has 0 aromatic carbocycles. The van der Waals surface area contributed by atoms with E-state index in [2.05, 4.69) is 6.92 Å². The van der Waals surface area contributed by atoms with E-state index in [1.165, 1.54) is 19.3 Å². The van der Waals surface area contributed by atoms with Gasteiger partial charge in [0, 0.05) is 22.9 Å². The van der Waals surface area contributed by atoms with Crippen LogP contribution in [-0.2, 0) is 4.79 Å². The number of carbonyl (C=O) groups is 1. The van der Waals surface area contributed by atoms with Gasteiger partial charge in [-0.3, -0.25) is 4.79 Å². The second-order valence-corrected chi connectivity index (χ2v) is 8.74. The molecule has 21 heavy (non-hydrogen) atoms. The molecule has 5 heteroatoms. The topological polar surface area (TPSA) is 121 Å². The third-order valence-corrected chi connectivity index (χ3v) is 8.80. The Bertz CT molecular complexity index is 566. The van der Waals surface area contributed by atoms with Crippen LogP contribution in [-0.4, -0.2) is 23.5 Å². The molecule has 10 atom stereocenters. The molecule has 8 N–H and O–H groups in total. The highest BCUT2D eigenvalue weighted by Crippen LogP contribution is 2.93. The van der Waals surface area contributed by atoms with E-state index in [4.69, 9.17) is 22.9 Å². The van der Waals surface area contributed by atoms with Crippen LogP contribution < -0.4 is 22.9 Å². The summed E-state index contributed by atoms with van der Waals surface area (Å²) in [6, 6.07) is -0.369. The number of fused-ring (bicyclic) bond motifs is 4. The van der Waals surface area contributed by atoms with Crippen molar-refractivity contribution >= 4 is 5.91 Å². The molecular weight excluding hydrogens is 264 g/mol. The summed E-state index contributed by atoms with van der Waals surface area (Å²) in [5.74, 6) is 3.06. The summed E-state index contributed by atoms with van der Waals surface area (Å²) in [4.78, 5) is 12.2. The first-order chi connectivity index (χ1) is 9.82. The molecular formula is C16H26N4O. The van der Waals surface area contributed by atoms with Crippen LogP contribution in [0.25, 0.3) is 0 Å². The lowest BCUT2D eigenvalue weighted by molar-refractivity contribution is -0.127. The normalized spacial score (nSPS) is 69.6. The van der Waals surface area contributed by atoms with Crippen LogP contribution in [0.3, 0.4) is 0 Å². The molecule has 2 bridgehead atoms. The van der Waals surface area contributed by atoms with Gasteiger partial charge in [0.25, 0.3) is 0 Å². The first-order valence-electron chi connectivity index (χ1n) is 8.42. The molecule has 5 nitrogen and oxygen atoms in total. The standard InChI is InChI=1S/C16H26N4O/c1-14-12(18)15(14)10-7-3-2-6(4-7)8(11(10)15)5-9(17)16(14,20)13(19)21/h6-12H,2-5,17-18,20H2,1H3,(H2,19,21)/t6?,7?,8-,9?,10?,11?,12?,14?,15-,16?/m1/s1. The van der Waals surface area contributed by atoms with Crippen LogP contribution in [0.1, 0.15) is 32.6 Å².